The van der Waals surface area contributed by atoms with Crippen LogP contribution in [0.1, 0.15) is 26.2 Å². The van der Waals surface area contributed by atoms with Crippen LogP contribution in [0.25, 0.3) is 0 Å². The maximum Gasteiger partial charge on any atom is 0.214 e. The van der Waals surface area contributed by atoms with Gasteiger partial charge in [-0.3, -0.25) is 0 Å². The van der Waals surface area contributed by atoms with Gasteiger partial charge in [0.2, 0.25) is 10.0 Å². The number of thioether (sulfide) groups is 1. The lowest BCUT2D eigenvalue weighted by Crippen LogP contribution is -2.37. The van der Waals surface area contributed by atoms with Crippen molar-refractivity contribution in [2.75, 3.05) is 30.7 Å². The molecule has 1 unspecified atom stereocenters. The summed E-state index contributed by atoms with van der Waals surface area (Å²) in [6.45, 7) is 1.95. The molecule has 0 N–H and O–H groups in total. The third-order valence-electron chi connectivity index (χ3n) is 2.59. The van der Waals surface area contributed by atoms with Crippen molar-refractivity contribution >= 4 is 33.4 Å². The van der Waals surface area contributed by atoms with Gasteiger partial charge in [-0.05, 0) is 38.2 Å². The summed E-state index contributed by atoms with van der Waals surface area (Å²) in [6, 6.07) is 0.0773. The third kappa shape index (κ3) is 6.33. The fourth-order valence-corrected chi connectivity index (χ4v) is 3.54. The summed E-state index contributed by atoms with van der Waals surface area (Å²) in [4.78, 5) is 0. The van der Waals surface area contributed by atoms with E-state index >= 15 is 0 Å². The highest BCUT2D eigenvalue weighted by Gasteiger charge is 2.22. The van der Waals surface area contributed by atoms with Crippen molar-refractivity contribution in [3.05, 3.63) is 0 Å². The average Bonchev–Trinajstić information content (AvgIpc) is 2.25. The molecule has 16 heavy (non-hydrogen) atoms. The second-order valence-corrected chi connectivity index (χ2v) is 7.37. The maximum absolute atomic E-state index is 11.9. The summed E-state index contributed by atoms with van der Waals surface area (Å²) in [7, 11) is -1.43. The lowest BCUT2D eigenvalue weighted by atomic mass is 10.3. The topological polar surface area (TPSA) is 37.4 Å². The Labute approximate surface area is 109 Å². The lowest BCUT2D eigenvalue weighted by molar-refractivity contribution is 0.382. The summed E-state index contributed by atoms with van der Waals surface area (Å²) in [5.41, 5.74) is 0. The van der Waals surface area contributed by atoms with Crippen LogP contribution in [0.3, 0.4) is 0 Å². The first kappa shape index (κ1) is 16.6. The van der Waals surface area contributed by atoms with E-state index in [1.165, 1.54) is 4.31 Å². The molecule has 0 spiro atoms. The Kier molecular flexibility index (Phi) is 8.91. The van der Waals surface area contributed by atoms with Crippen LogP contribution in [0, 0.1) is 0 Å². The molecule has 0 saturated carbocycles. The van der Waals surface area contributed by atoms with Crippen molar-refractivity contribution in [1.82, 2.24) is 4.31 Å². The minimum absolute atomic E-state index is 0.0773. The molecule has 0 aliphatic heterocycles. The summed E-state index contributed by atoms with van der Waals surface area (Å²) < 4.78 is 25.3. The Bertz CT molecular complexity index is 270. The zero-order chi connectivity index (χ0) is 12.6. The maximum atomic E-state index is 11.9. The number of hydrogen-bond acceptors (Lipinski definition) is 3. The average molecular weight is 288 g/mol. The van der Waals surface area contributed by atoms with E-state index in [4.69, 9.17) is 11.6 Å². The molecule has 0 radical (unpaired) electrons. The van der Waals surface area contributed by atoms with Gasteiger partial charge >= 0.3 is 0 Å². The van der Waals surface area contributed by atoms with Gasteiger partial charge in [-0.1, -0.05) is 0 Å². The predicted octanol–water partition coefficient (Wildman–Crippen LogP) is 2.41. The Morgan fingerprint density at radius 1 is 1.38 bits per heavy atom. The molecule has 0 aromatic rings. The van der Waals surface area contributed by atoms with Crippen molar-refractivity contribution < 1.29 is 8.42 Å². The molecular formula is C10H22ClNO2S2. The highest BCUT2D eigenvalue weighted by atomic mass is 35.5. The molecule has 6 heteroatoms. The molecule has 3 nitrogen and oxygen atoms in total. The van der Waals surface area contributed by atoms with Gasteiger partial charge in [-0.15, -0.1) is 11.6 Å². The summed E-state index contributed by atoms with van der Waals surface area (Å²) in [6.07, 6.45) is 4.33. The van der Waals surface area contributed by atoms with E-state index < -0.39 is 10.0 Å². The van der Waals surface area contributed by atoms with Crippen LogP contribution in [0.2, 0.25) is 0 Å². The summed E-state index contributed by atoms with van der Waals surface area (Å²) in [5, 5.41) is 0. The van der Waals surface area contributed by atoms with Crippen LogP contribution in [-0.4, -0.2) is 49.5 Å². The Balaban J connectivity index is 4.16. The number of sulfonamides is 1. The Hall–Kier alpha value is 0.550. The highest BCUT2D eigenvalue weighted by Crippen LogP contribution is 2.12. The Morgan fingerprint density at radius 2 is 2.00 bits per heavy atom. The van der Waals surface area contributed by atoms with Crippen molar-refractivity contribution in [3.63, 3.8) is 0 Å². The highest BCUT2D eigenvalue weighted by molar-refractivity contribution is 7.98. The van der Waals surface area contributed by atoms with E-state index in [0.29, 0.717) is 12.3 Å². The lowest BCUT2D eigenvalue weighted by Gasteiger charge is -2.24. The van der Waals surface area contributed by atoms with Gasteiger partial charge in [0.1, 0.15) is 0 Å². The van der Waals surface area contributed by atoms with Crippen molar-refractivity contribution in [3.8, 4) is 0 Å². The van der Waals surface area contributed by atoms with Crippen LogP contribution >= 0.6 is 23.4 Å². The summed E-state index contributed by atoms with van der Waals surface area (Å²) >= 11 is 7.27. The van der Waals surface area contributed by atoms with Crippen LogP contribution in [-0.2, 0) is 10.0 Å². The zero-order valence-electron chi connectivity index (χ0n) is 10.3. The minimum Gasteiger partial charge on any atom is -0.212 e. The van der Waals surface area contributed by atoms with Gasteiger partial charge in [0.15, 0.2) is 0 Å². The molecule has 0 fully saturated rings. The van der Waals surface area contributed by atoms with E-state index in [9.17, 15) is 8.42 Å². The second-order valence-electron chi connectivity index (χ2n) is 3.86. The molecule has 0 aliphatic rings. The van der Waals surface area contributed by atoms with Crippen molar-refractivity contribution in [2.24, 2.45) is 0 Å². The van der Waals surface area contributed by atoms with Crippen LogP contribution in [0.15, 0.2) is 0 Å². The van der Waals surface area contributed by atoms with Crippen LogP contribution < -0.4 is 0 Å². The molecule has 0 aliphatic carbocycles. The summed E-state index contributed by atoms with van der Waals surface area (Å²) in [5.74, 6) is 1.73. The quantitative estimate of drug-likeness (QED) is 0.483. The van der Waals surface area contributed by atoms with E-state index in [2.05, 4.69) is 0 Å². The molecule has 0 saturated heterocycles. The van der Waals surface area contributed by atoms with Gasteiger partial charge in [0, 0.05) is 19.0 Å². The normalized spacial score (nSPS) is 14.3. The molecule has 98 valence electrons. The van der Waals surface area contributed by atoms with E-state index in [1.54, 1.807) is 18.8 Å². The molecule has 0 amide bonds. The third-order valence-corrected chi connectivity index (χ3v) is 5.54. The number of hydrogen-bond donors (Lipinski definition) is 0. The minimum atomic E-state index is -3.10. The number of unbranched alkanes of at least 4 members (excludes halogenated alkanes) is 1. The molecule has 0 aromatic heterocycles. The fraction of sp³-hybridized carbons (Fsp3) is 1.00. The van der Waals surface area contributed by atoms with Crippen molar-refractivity contribution in [2.45, 2.75) is 32.2 Å². The smallest absolute Gasteiger partial charge is 0.212 e. The molecule has 0 rings (SSSR count). The molecular weight excluding hydrogens is 266 g/mol. The first-order valence-corrected chi connectivity index (χ1v) is 9.00. The second kappa shape index (κ2) is 8.61. The zero-order valence-corrected chi connectivity index (χ0v) is 12.7. The van der Waals surface area contributed by atoms with Gasteiger partial charge in [0.25, 0.3) is 0 Å². The Morgan fingerprint density at radius 3 is 2.50 bits per heavy atom. The van der Waals surface area contributed by atoms with E-state index in [1.807, 2.05) is 13.2 Å². The van der Waals surface area contributed by atoms with E-state index in [0.717, 1.165) is 18.6 Å². The van der Waals surface area contributed by atoms with Crippen LogP contribution in [0.4, 0.5) is 0 Å². The number of nitrogens with zero attached hydrogens (tertiary/aromatic N) is 1. The molecule has 0 aromatic carbocycles. The van der Waals surface area contributed by atoms with Gasteiger partial charge in [-0.2, -0.15) is 11.8 Å². The van der Waals surface area contributed by atoms with Crippen molar-refractivity contribution in [1.29, 1.82) is 0 Å². The van der Waals surface area contributed by atoms with Gasteiger partial charge in [0.05, 0.1) is 5.75 Å². The van der Waals surface area contributed by atoms with Gasteiger partial charge < -0.3 is 0 Å². The fourth-order valence-electron chi connectivity index (χ4n) is 1.27. The standard InChI is InChI=1S/C10H22ClNO2S2/c1-10(6-8-15-3)12(2)16(13,14)9-5-4-7-11/h10H,4-9H2,1-3H3. The van der Waals surface area contributed by atoms with Crippen LogP contribution in [0.5, 0.6) is 0 Å². The number of halogens is 1. The monoisotopic (exact) mass is 287 g/mol. The molecule has 0 bridgehead atoms. The van der Waals surface area contributed by atoms with E-state index in [-0.39, 0.29) is 11.8 Å². The molecule has 0 heterocycles. The predicted molar refractivity (Wildman–Crippen MR) is 74.0 cm³/mol. The number of alkyl halides is 1. The van der Waals surface area contributed by atoms with Gasteiger partial charge in [-0.25, -0.2) is 12.7 Å². The molecule has 1 atom stereocenters. The SMILES string of the molecule is CSCCC(C)N(C)S(=O)(=O)CCCCCl. The number of rotatable bonds is 9. The first-order chi connectivity index (χ1) is 7.45. The largest absolute Gasteiger partial charge is 0.214 e. The first-order valence-electron chi connectivity index (χ1n) is 5.46.